The lowest BCUT2D eigenvalue weighted by atomic mass is 9.93. The van der Waals surface area contributed by atoms with Crippen LogP contribution in [0, 0.1) is 0 Å². The minimum Gasteiger partial charge on any atom is -0.349 e. The van der Waals surface area contributed by atoms with Crippen LogP contribution in [0.3, 0.4) is 0 Å². The van der Waals surface area contributed by atoms with Crippen LogP contribution in [0.5, 0.6) is 0 Å². The van der Waals surface area contributed by atoms with Gasteiger partial charge in [-0.05, 0) is 47.3 Å². The van der Waals surface area contributed by atoms with E-state index in [1.54, 1.807) is 0 Å². The molecule has 0 atom stereocenters. The summed E-state index contributed by atoms with van der Waals surface area (Å²) in [7, 11) is 1.36. The Hall–Kier alpha value is -0.300. The Morgan fingerprint density at radius 3 is 2.47 bits per heavy atom. The molecule has 0 saturated heterocycles. The fourth-order valence-electron chi connectivity index (χ4n) is 1.71. The number of hydrogen-bond acceptors (Lipinski definition) is 3. The van der Waals surface area contributed by atoms with E-state index in [4.69, 9.17) is 22.3 Å². The van der Waals surface area contributed by atoms with Crippen molar-refractivity contribution >= 4 is 53.2 Å². The quantitative estimate of drug-likeness (QED) is 0.810. The van der Waals surface area contributed by atoms with Crippen LogP contribution in [0.2, 0.25) is 5.02 Å². The van der Waals surface area contributed by atoms with Crippen LogP contribution in [-0.2, 0) is 9.05 Å². The Balaban J connectivity index is 2.36. The van der Waals surface area contributed by atoms with E-state index in [0.717, 1.165) is 19.3 Å². The molecule has 104 valence electrons. The Morgan fingerprint density at radius 1 is 1.37 bits per heavy atom. The number of carbonyl (C=O) groups is 1. The summed E-state index contributed by atoms with van der Waals surface area (Å²) in [5.74, 6) is -0.385. The lowest BCUT2D eigenvalue weighted by molar-refractivity contribution is 0.0917. The summed E-state index contributed by atoms with van der Waals surface area (Å²) in [5.41, 5.74) is 0.107. The molecule has 0 radical (unpaired) electrons. The van der Waals surface area contributed by atoms with Crippen molar-refractivity contribution < 1.29 is 13.2 Å². The third-order valence-corrected chi connectivity index (χ3v) is 5.56. The van der Waals surface area contributed by atoms with Gasteiger partial charge in [0.1, 0.15) is 0 Å². The van der Waals surface area contributed by atoms with Crippen molar-refractivity contribution in [2.45, 2.75) is 30.2 Å². The van der Waals surface area contributed by atoms with Crippen molar-refractivity contribution in [3.63, 3.8) is 0 Å². The van der Waals surface area contributed by atoms with E-state index in [9.17, 15) is 13.2 Å². The van der Waals surface area contributed by atoms with Crippen molar-refractivity contribution in [2.75, 3.05) is 0 Å². The zero-order chi connectivity index (χ0) is 14.2. The summed E-state index contributed by atoms with van der Waals surface area (Å²) in [6.07, 6.45) is 2.95. The molecule has 2 rings (SSSR count). The van der Waals surface area contributed by atoms with Gasteiger partial charge in [0.05, 0.1) is 15.5 Å². The molecule has 0 bridgehead atoms. The molecule has 1 aliphatic rings. The summed E-state index contributed by atoms with van der Waals surface area (Å²) in [4.78, 5) is 11.8. The van der Waals surface area contributed by atoms with E-state index in [2.05, 4.69) is 21.2 Å². The van der Waals surface area contributed by atoms with Crippen LogP contribution in [0.1, 0.15) is 29.6 Å². The molecule has 0 heterocycles. The van der Waals surface area contributed by atoms with Gasteiger partial charge in [0, 0.05) is 21.2 Å². The van der Waals surface area contributed by atoms with Gasteiger partial charge in [-0.25, -0.2) is 8.42 Å². The van der Waals surface area contributed by atoms with E-state index < -0.39 is 9.05 Å². The lowest BCUT2D eigenvalue weighted by Gasteiger charge is -2.26. The molecule has 1 aromatic rings. The molecular weight excluding hydrogens is 377 g/mol. The molecule has 1 amide bonds. The van der Waals surface area contributed by atoms with Gasteiger partial charge in [-0.15, -0.1) is 0 Å². The molecule has 0 spiro atoms. The van der Waals surface area contributed by atoms with Gasteiger partial charge in [-0.3, -0.25) is 4.79 Å². The highest BCUT2D eigenvalue weighted by atomic mass is 79.9. The van der Waals surface area contributed by atoms with Crippen LogP contribution < -0.4 is 5.32 Å². The number of carbonyl (C=O) groups excluding carboxylic acids is 1. The number of hydrogen-bond donors (Lipinski definition) is 1. The van der Waals surface area contributed by atoms with E-state index in [0.29, 0.717) is 0 Å². The van der Waals surface area contributed by atoms with Gasteiger partial charge in [0.15, 0.2) is 0 Å². The summed E-state index contributed by atoms with van der Waals surface area (Å²) in [6, 6.07) is 2.68. The monoisotopic (exact) mass is 385 g/mol. The maximum Gasteiger partial charge on any atom is 0.262 e. The topological polar surface area (TPSA) is 63.2 Å². The van der Waals surface area contributed by atoms with Crippen LogP contribution in [0.15, 0.2) is 21.5 Å². The van der Waals surface area contributed by atoms with Gasteiger partial charge in [-0.2, -0.15) is 0 Å². The van der Waals surface area contributed by atoms with Gasteiger partial charge in [0.2, 0.25) is 0 Å². The third-order valence-electron chi connectivity index (χ3n) is 2.97. The van der Waals surface area contributed by atoms with Crippen molar-refractivity contribution in [1.29, 1.82) is 0 Å². The van der Waals surface area contributed by atoms with Gasteiger partial charge < -0.3 is 5.32 Å². The van der Waals surface area contributed by atoms with Crippen LogP contribution >= 0.6 is 38.2 Å². The fourth-order valence-corrected chi connectivity index (χ4v) is 4.28. The summed E-state index contributed by atoms with van der Waals surface area (Å²) < 4.78 is 23.0. The molecule has 1 saturated carbocycles. The van der Waals surface area contributed by atoms with Crippen LogP contribution in [0.25, 0.3) is 0 Å². The minimum atomic E-state index is -3.94. The molecule has 1 aromatic carbocycles. The number of benzene rings is 1. The first-order valence-corrected chi connectivity index (χ1v) is 9.01. The first kappa shape index (κ1) is 15.1. The molecule has 8 heteroatoms. The van der Waals surface area contributed by atoms with Crippen molar-refractivity contribution in [3.05, 3.63) is 27.2 Å². The SMILES string of the molecule is O=C(NC1CCC1)c1cc(S(=O)(=O)Cl)c(Br)cc1Cl. The Kier molecular flexibility index (Phi) is 4.45. The highest BCUT2D eigenvalue weighted by Gasteiger charge is 2.24. The molecule has 1 fully saturated rings. The van der Waals surface area contributed by atoms with E-state index in [-0.39, 0.29) is 31.9 Å². The largest absolute Gasteiger partial charge is 0.349 e. The predicted molar refractivity (Wildman–Crippen MR) is 77.3 cm³/mol. The number of halogens is 3. The zero-order valence-electron chi connectivity index (χ0n) is 9.62. The Labute approximate surface area is 129 Å². The number of rotatable bonds is 3. The van der Waals surface area contributed by atoms with Gasteiger partial charge in [-0.1, -0.05) is 11.6 Å². The van der Waals surface area contributed by atoms with Crippen LogP contribution in [-0.4, -0.2) is 20.4 Å². The van der Waals surface area contributed by atoms with Crippen molar-refractivity contribution in [3.8, 4) is 0 Å². The number of amides is 1. The second-order valence-corrected chi connectivity index (χ2v) is 8.10. The third kappa shape index (κ3) is 3.42. The van der Waals surface area contributed by atoms with Crippen LogP contribution in [0.4, 0.5) is 0 Å². The molecule has 0 aliphatic heterocycles. The zero-order valence-corrected chi connectivity index (χ0v) is 13.5. The summed E-state index contributed by atoms with van der Waals surface area (Å²) in [6.45, 7) is 0. The number of nitrogens with one attached hydrogen (secondary N) is 1. The Morgan fingerprint density at radius 2 is 2.00 bits per heavy atom. The molecule has 4 nitrogen and oxygen atoms in total. The highest BCUT2D eigenvalue weighted by Crippen LogP contribution is 2.31. The smallest absolute Gasteiger partial charge is 0.262 e. The normalized spacial score (nSPS) is 15.9. The molecule has 1 N–H and O–H groups in total. The summed E-state index contributed by atoms with van der Waals surface area (Å²) >= 11 is 9.02. The standard InChI is InChI=1S/C11H10BrCl2NO3S/c12-8-5-9(13)7(4-10(8)19(14,17)18)11(16)15-6-2-1-3-6/h4-6H,1-3H2,(H,15,16). The predicted octanol–water partition coefficient (Wildman–Crippen LogP) is 3.31. The molecule has 0 unspecified atom stereocenters. The molecular formula is C11H10BrCl2NO3S. The second kappa shape index (κ2) is 5.60. The molecule has 0 aromatic heterocycles. The molecule has 1 aliphatic carbocycles. The summed E-state index contributed by atoms with van der Waals surface area (Å²) in [5, 5.41) is 2.97. The van der Waals surface area contributed by atoms with E-state index >= 15 is 0 Å². The lowest BCUT2D eigenvalue weighted by Crippen LogP contribution is -2.39. The van der Waals surface area contributed by atoms with E-state index in [1.165, 1.54) is 12.1 Å². The van der Waals surface area contributed by atoms with Gasteiger partial charge in [0.25, 0.3) is 15.0 Å². The first-order valence-electron chi connectivity index (χ1n) is 5.53. The van der Waals surface area contributed by atoms with E-state index in [1.807, 2.05) is 0 Å². The fraction of sp³-hybridized carbons (Fsp3) is 0.364. The second-order valence-electron chi connectivity index (χ2n) is 4.30. The minimum absolute atomic E-state index is 0.107. The molecule has 19 heavy (non-hydrogen) atoms. The Bertz CT molecular complexity index is 629. The maximum atomic E-state index is 12.0. The van der Waals surface area contributed by atoms with Gasteiger partial charge >= 0.3 is 0 Å². The average Bonchev–Trinajstić information content (AvgIpc) is 2.21. The van der Waals surface area contributed by atoms with Crippen molar-refractivity contribution in [1.82, 2.24) is 5.32 Å². The maximum absolute atomic E-state index is 12.0. The highest BCUT2D eigenvalue weighted by molar-refractivity contribution is 9.10. The van der Waals surface area contributed by atoms with Crippen molar-refractivity contribution in [2.24, 2.45) is 0 Å². The first-order chi connectivity index (χ1) is 8.79. The average molecular weight is 387 g/mol.